The van der Waals surface area contributed by atoms with E-state index < -0.39 is 15.9 Å². The lowest BCUT2D eigenvalue weighted by Crippen LogP contribution is -2.11. The van der Waals surface area contributed by atoms with E-state index in [2.05, 4.69) is 15.4 Å². The maximum absolute atomic E-state index is 13.4. The van der Waals surface area contributed by atoms with E-state index in [9.17, 15) is 13.2 Å². The molecule has 10 nitrogen and oxygen atoms in total. The lowest BCUT2D eigenvalue weighted by Gasteiger charge is -2.14. The van der Waals surface area contributed by atoms with Gasteiger partial charge in [0.1, 0.15) is 29.2 Å². The van der Waals surface area contributed by atoms with Crippen molar-refractivity contribution in [3.8, 4) is 22.6 Å². The molecule has 1 atom stereocenters. The van der Waals surface area contributed by atoms with E-state index in [0.29, 0.717) is 40.1 Å². The monoisotopic (exact) mass is 811 g/mol. The second-order valence-electron chi connectivity index (χ2n) is 15.2. The molecular formula is C45H54ClN5O5S. The van der Waals surface area contributed by atoms with E-state index in [0.717, 1.165) is 102 Å². The molecule has 302 valence electrons. The van der Waals surface area contributed by atoms with Crippen LogP contribution >= 0.6 is 11.6 Å². The molecule has 12 heteroatoms. The number of unbranched alkanes of at least 4 members (excludes halogenated alkanes) is 10. The number of rotatable bonds is 20. The van der Waals surface area contributed by atoms with Crippen molar-refractivity contribution in [2.45, 2.75) is 122 Å². The molecule has 0 N–H and O–H groups in total. The van der Waals surface area contributed by atoms with Gasteiger partial charge in [-0.25, -0.2) is 8.42 Å². The Kier molecular flexibility index (Phi) is 14.2. The van der Waals surface area contributed by atoms with Gasteiger partial charge in [0.15, 0.2) is 15.7 Å². The average Bonchev–Trinajstić information content (AvgIpc) is 3.71. The molecular weight excluding hydrogens is 758 g/mol. The SMILES string of the molecule is COc1ccc2c(c1)C(c1ccc(Cl)cc1)=N[C@@H](CC(=O)CCCCCCCCCCCCCS(=O)(=O)c1cc(-c3c(C)noc3C)ccc1C)c1nnc(C)n1-2. The summed E-state index contributed by atoms with van der Waals surface area (Å²) in [6.07, 6.45) is 12.1. The summed E-state index contributed by atoms with van der Waals surface area (Å²) >= 11 is 6.23. The van der Waals surface area contributed by atoms with Crippen LogP contribution in [-0.2, 0) is 14.6 Å². The normalized spacial score (nSPS) is 13.9. The van der Waals surface area contributed by atoms with Crippen molar-refractivity contribution >= 4 is 32.9 Å². The van der Waals surface area contributed by atoms with Gasteiger partial charge in [0.05, 0.1) is 34.9 Å². The number of nitrogens with zero attached hydrogens (tertiary/aromatic N) is 5. The van der Waals surface area contributed by atoms with E-state index >= 15 is 0 Å². The number of halogens is 1. The number of aryl methyl sites for hydroxylation is 4. The summed E-state index contributed by atoms with van der Waals surface area (Å²) in [7, 11) is -1.74. The van der Waals surface area contributed by atoms with Gasteiger partial charge in [-0.3, -0.25) is 14.4 Å². The highest BCUT2D eigenvalue weighted by Crippen LogP contribution is 2.35. The smallest absolute Gasteiger partial charge is 0.178 e. The van der Waals surface area contributed by atoms with Gasteiger partial charge in [-0.2, -0.15) is 0 Å². The van der Waals surface area contributed by atoms with Gasteiger partial charge in [-0.15, -0.1) is 10.2 Å². The largest absolute Gasteiger partial charge is 0.497 e. The molecule has 0 radical (unpaired) electrons. The van der Waals surface area contributed by atoms with Crippen LogP contribution < -0.4 is 4.74 Å². The predicted molar refractivity (Wildman–Crippen MR) is 226 cm³/mol. The van der Waals surface area contributed by atoms with Crippen molar-refractivity contribution in [1.29, 1.82) is 0 Å². The summed E-state index contributed by atoms with van der Waals surface area (Å²) in [5.41, 5.74) is 6.64. The highest BCUT2D eigenvalue weighted by Gasteiger charge is 2.30. The first kappa shape index (κ1) is 42.0. The molecule has 2 aromatic heterocycles. The summed E-state index contributed by atoms with van der Waals surface area (Å²) in [5, 5.41) is 13.5. The molecule has 0 unspecified atom stereocenters. The van der Waals surface area contributed by atoms with Gasteiger partial charge in [0.25, 0.3) is 0 Å². The van der Waals surface area contributed by atoms with Crippen LogP contribution in [0.1, 0.15) is 129 Å². The standard InChI is InChI=1S/C45H54ClN5O5S/c1-30-18-19-35(43-31(2)50-56-32(43)3)27-42(30)57(53,54)26-16-14-12-10-8-6-7-9-11-13-15-17-37(52)28-40-45-49-48-33(4)51(45)41-25-24-38(55-5)29-39(41)44(47-40)34-20-22-36(46)23-21-34/h18-25,27,29,40H,6-17,26,28H2,1-5H3/t40-/m0/s1. The van der Waals surface area contributed by atoms with Crippen LogP contribution in [0.4, 0.5) is 0 Å². The van der Waals surface area contributed by atoms with Crippen LogP contribution in [0.5, 0.6) is 5.75 Å². The first-order valence-electron chi connectivity index (χ1n) is 20.2. The third-order valence-electron chi connectivity index (χ3n) is 10.9. The number of aliphatic imine (C=N–C) groups is 1. The summed E-state index contributed by atoms with van der Waals surface area (Å²) < 4.78 is 39.4. The van der Waals surface area contributed by atoms with Crippen LogP contribution in [-0.4, -0.2) is 52.7 Å². The molecule has 1 aliphatic rings. The summed E-state index contributed by atoms with van der Waals surface area (Å²) in [6, 6.07) is 18.6. The number of aromatic nitrogens is 4. The number of carbonyl (C=O) groups is 1. The number of Topliss-reactive ketones (excluding diaryl/α,β-unsaturated/α-hetero) is 1. The Balaban J connectivity index is 0.899. The average molecular weight is 812 g/mol. The van der Waals surface area contributed by atoms with Crippen LogP contribution in [0.2, 0.25) is 5.02 Å². The van der Waals surface area contributed by atoms with E-state index in [1.807, 2.05) is 86.9 Å². The van der Waals surface area contributed by atoms with E-state index in [-0.39, 0.29) is 18.0 Å². The fraction of sp³-hybridized carbons (Fsp3) is 0.444. The molecule has 0 aliphatic carbocycles. The first-order chi connectivity index (χ1) is 27.5. The molecule has 0 bridgehead atoms. The van der Waals surface area contributed by atoms with Crippen molar-refractivity contribution in [2.75, 3.05) is 12.9 Å². The summed E-state index contributed by atoms with van der Waals surface area (Å²) in [6.45, 7) is 7.48. The Labute approximate surface area is 342 Å². The van der Waals surface area contributed by atoms with Crippen molar-refractivity contribution in [3.05, 3.63) is 105 Å². The molecule has 0 spiro atoms. The number of hydrogen-bond acceptors (Lipinski definition) is 9. The molecule has 0 saturated heterocycles. The Morgan fingerprint density at radius 1 is 0.807 bits per heavy atom. The first-order valence-corrected chi connectivity index (χ1v) is 22.2. The zero-order chi connectivity index (χ0) is 40.5. The van der Waals surface area contributed by atoms with Crippen molar-refractivity contribution in [3.63, 3.8) is 0 Å². The van der Waals surface area contributed by atoms with Gasteiger partial charge in [0.2, 0.25) is 0 Å². The number of methoxy groups -OCH3 is 1. The minimum atomic E-state index is -3.39. The lowest BCUT2D eigenvalue weighted by molar-refractivity contribution is -0.119. The van der Waals surface area contributed by atoms with Gasteiger partial charge >= 0.3 is 0 Å². The zero-order valence-electron chi connectivity index (χ0n) is 33.8. The zero-order valence-corrected chi connectivity index (χ0v) is 35.4. The Bertz CT molecular complexity index is 2290. The number of sulfone groups is 1. The second-order valence-corrected chi connectivity index (χ2v) is 17.7. The molecule has 6 rings (SSSR count). The number of fused-ring (bicyclic) bond motifs is 3. The molecule has 3 aromatic carbocycles. The van der Waals surface area contributed by atoms with Crippen LogP contribution in [0, 0.1) is 27.7 Å². The van der Waals surface area contributed by atoms with Crippen molar-refractivity contribution in [1.82, 2.24) is 19.9 Å². The molecule has 57 heavy (non-hydrogen) atoms. The van der Waals surface area contributed by atoms with E-state index in [1.165, 1.54) is 12.8 Å². The summed E-state index contributed by atoms with van der Waals surface area (Å²) in [4.78, 5) is 19.0. The maximum Gasteiger partial charge on any atom is 0.178 e. The van der Waals surface area contributed by atoms with E-state index in [1.54, 1.807) is 13.2 Å². The highest BCUT2D eigenvalue weighted by atomic mass is 35.5. The number of ether oxygens (including phenoxy) is 1. The fourth-order valence-corrected chi connectivity index (χ4v) is 9.59. The van der Waals surface area contributed by atoms with E-state index in [4.69, 9.17) is 25.9 Å². The molecule has 0 saturated carbocycles. The maximum atomic E-state index is 13.4. The molecule has 0 amide bonds. The molecule has 3 heterocycles. The third-order valence-corrected chi connectivity index (χ3v) is 13.1. The molecule has 1 aliphatic heterocycles. The van der Waals surface area contributed by atoms with Crippen molar-refractivity contribution in [2.24, 2.45) is 4.99 Å². The Hall–Kier alpha value is -4.61. The third kappa shape index (κ3) is 10.3. The van der Waals surface area contributed by atoms with Gasteiger partial charge in [-0.1, -0.05) is 98.8 Å². The van der Waals surface area contributed by atoms with Gasteiger partial charge < -0.3 is 9.26 Å². The topological polar surface area (TPSA) is 130 Å². The van der Waals surface area contributed by atoms with Crippen molar-refractivity contribution < 1.29 is 22.5 Å². The van der Waals surface area contributed by atoms with Gasteiger partial charge in [0, 0.05) is 34.6 Å². The molecule has 0 fully saturated rings. The fourth-order valence-electron chi connectivity index (χ4n) is 7.80. The lowest BCUT2D eigenvalue weighted by atomic mass is 9.99. The quantitative estimate of drug-likeness (QED) is 0.0710. The summed E-state index contributed by atoms with van der Waals surface area (Å²) in [5.74, 6) is 3.12. The number of benzene rings is 3. The highest BCUT2D eigenvalue weighted by molar-refractivity contribution is 7.91. The minimum absolute atomic E-state index is 0.158. The predicted octanol–water partition coefficient (Wildman–Crippen LogP) is 10.8. The Morgan fingerprint density at radius 3 is 2.11 bits per heavy atom. The number of carbonyl (C=O) groups excluding carboxylic acids is 1. The number of hydrogen-bond donors (Lipinski definition) is 0. The second kappa shape index (κ2) is 19.2. The van der Waals surface area contributed by atoms with Crippen LogP contribution in [0.25, 0.3) is 16.8 Å². The van der Waals surface area contributed by atoms with Crippen LogP contribution in [0.15, 0.2) is 75.1 Å². The minimum Gasteiger partial charge on any atom is -0.497 e. The number of ketones is 1. The molecule has 5 aromatic rings. The van der Waals surface area contributed by atoms with Crippen LogP contribution in [0.3, 0.4) is 0 Å². The Morgan fingerprint density at radius 2 is 1.46 bits per heavy atom. The van der Waals surface area contributed by atoms with Gasteiger partial charge in [-0.05, 0) is 88.1 Å².